The number of hydrogen-bond acceptors (Lipinski definition) is 7. The zero-order valence-electron chi connectivity index (χ0n) is 15.8. The number of ether oxygens (including phenoxy) is 1. The molecule has 0 aliphatic heterocycles. The summed E-state index contributed by atoms with van der Waals surface area (Å²) >= 11 is 0. The van der Waals surface area contributed by atoms with Gasteiger partial charge in [-0.1, -0.05) is 24.3 Å². The molecule has 9 heteroatoms. The maximum Gasteiger partial charge on any atom is 0.345 e. The van der Waals surface area contributed by atoms with E-state index in [-0.39, 0.29) is 16.7 Å². The van der Waals surface area contributed by atoms with E-state index in [0.29, 0.717) is 0 Å². The first-order valence-electron chi connectivity index (χ1n) is 8.57. The molecule has 0 fully saturated rings. The average molecular weight is 396 g/mol. The molecule has 0 saturated heterocycles. The van der Waals surface area contributed by atoms with Gasteiger partial charge in [0.1, 0.15) is 11.1 Å². The van der Waals surface area contributed by atoms with Crippen LogP contribution in [-0.4, -0.2) is 53.5 Å². The van der Waals surface area contributed by atoms with Gasteiger partial charge in [-0.2, -0.15) is 0 Å². The molecule has 3 rings (SSSR count). The summed E-state index contributed by atoms with van der Waals surface area (Å²) < 4.78 is 5.04. The number of hydrogen-bond donors (Lipinski definition) is 0. The molecule has 1 atom stereocenters. The van der Waals surface area contributed by atoms with Gasteiger partial charge in [-0.25, -0.2) is 4.79 Å². The lowest BCUT2D eigenvalue weighted by atomic mass is 9.82. The summed E-state index contributed by atoms with van der Waals surface area (Å²) in [7, 11) is 2.94. The van der Waals surface area contributed by atoms with Gasteiger partial charge in [0, 0.05) is 30.8 Å². The number of ketones is 2. The Kier molecular flexibility index (Phi) is 4.98. The van der Waals surface area contributed by atoms with Gasteiger partial charge in [-0.3, -0.25) is 24.5 Å². The smallest absolute Gasteiger partial charge is 0.345 e. The van der Waals surface area contributed by atoms with E-state index in [2.05, 4.69) is 0 Å². The number of rotatable bonds is 4. The maximum absolute atomic E-state index is 12.9. The van der Waals surface area contributed by atoms with Crippen LogP contribution in [0.2, 0.25) is 0 Å². The maximum atomic E-state index is 12.9. The Morgan fingerprint density at radius 1 is 1.00 bits per heavy atom. The second-order valence-electron chi connectivity index (χ2n) is 6.63. The first-order chi connectivity index (χ1) is 13.6. The molecule has 0 N–H and O–H groups in total. The van der Waals surface area contributed by atoms with Crippen LogP contribution in [0.15, 0.2) is 36.4 Å². The fourth-order valence-corrected chi connectivity index (χ4v) is 3.16. The standard InChI is InChI=1S/C20H16N2O7/c1-10(19(25)21(2)3)29-20(26)14-9-8-13-15(16(14)22(27)28)18(24)12-7-5-4-6-11(12)17(13)23/h4-10H,1-3H3/t10-/m0/s1. The van der Waals surface area contributed by atoms with Crippen LogP contribution in [-0.2, 0) is 9.53 Å². The van der Waals surface area contributed by atoms with Crippen molar-refractivity contribution in [2.75, 3.05) is 14.1 Å². The summed E-state index contributed by atoms with van der Waals surface area (Å²) in [6.07, 6.45) is -1.19. The van der Waals surface area contributed by atoms with Crippen LogP contribution in [0, 0.1) is 10.1 Å². The van der Waals surface area contributed by atoms with Gasteiger partial charge >= 0.3 is 5.97 Å². The highest BCUT2D eigenvalue weighted by molar-refractivity contribution is 6.30. The molecule has 0 heterocycles. The number of nitrogens with zero attached hydrogens (tertiary/aromatic N) is 2. The highest BCUT2D eigenvalue weighted by Crippen LogP contribution is 2.35. The number of amides is 1. The molecule has 0 aromatic heterocycles. The van der Waals surface area contributed by atoms with Crippen molar-refractivity contribution >= 4 is 29.1 Å². The molecule has 0 saturated carbocycles. The SMILES string of the molecule is C[C@H](OC(=O)c1ccc2c(c1[N+](=O)[O-])C(=O)c1ccccc1C2=O)C(=O)N(C)C. The molecule has 0 radical (unpaired) electrons. The van der Waals surface area contributed by atoms with E-state index in [0.717, 1.165) is 6.07 Å². The van der Waals surface area contributed by atoms with E-state index >= 15 is 0 Å². The van der Waals surface area contributed by atoms with Gasteiger partial charge in [0.15, 0.2) is 11.9 Å². The summed E-state index contributed by atoms with van der Waals surface area (Å²) in [5.74, 6) is -2.93. The minimum Gasteiger partial charge on any atom is -0.449 e. The van der Waals surface area contributed by atoms with Gasteiger partial charge in [-0.05, 0) is 19.1 Å². The van der Waals surface area contributed by atoms with Gasteiger partial charge < -0.3 is 9.64 Å². The van der Waals surface area contributed by atoms with E-state index in [4.69, 9.17) is 4.74 Å². The van der Waals surface area contributed by atoms with Crippen LogP contribution < -0.4 is 0 Å². The Balaban J connectivity index is 2.12. The lowest BCUT2D eigenvalue weighted by Crippen LogP contribution is -2.35. The molecular weight excluding hydrogens is 380 g/mol. The molecule has 0 bridgehead atoms. The monoisotopic (exact) mass is 396 g/mol. The predicted molar refractivity (Wildman–Crippen MR) is 100.0 cm³/mol. The summed E-state index contributed by atoms with van der Waals surface area (Å²) in [6, 6.07) is 8.22. The molecule has 1 aliphatic carbocycles. The molecule has 29 heavy (non-hydrogen) atoms. The molecule has 2 aromatic carbocycles. The van der Waals surface area contributed by atoms with Crippen molar-refractivity contribution in [3.8, 4) is 0 Å². The number of carbonyl (C=O) groups is 4. The molecular formula is C20H16N2O7. The molecule has 1 amide bonds. The van der Waals surface area contributed by atoms with Gasteiger partial charge in [-0.15, -0.1) is 0 Å². The predicted octanol–water partition coefficient (Wildman–Crippen LogP) is 2.00. The van der Waals surface area contributed by atoms with Crippen LogP contribution in [0.4, 0.5) is 5.69 Å². The van der Waals surface area contributed by atoms with Crippen molar-refractivity contribution in [3.05, 3.63) is 74.3 Å². The van der Waals surface area contributed by atoms with Crippen LogP contribution in [0.1, 0.15) is 49.1 Å². The van der Waals surface area contributed by atoms with Gasteiger partial charge in [0.05, 0.1) is 4.92 Å². The number of benzene rings is 2. The van der Waals surface area contributed by atoms with Crippen LogP contribution in [0.3, 0.4) is 0 Å². The second-order valence-corrected chi connectivity index (χ2v) is 6.63. The fraction of sp³-hybridized carbons (Fsp3) is 0.200. The largest absolute Gasteiger partial charge is 0.449 e. The Hall–Kier alpha value is -3.88. The second kappa shape index (κ2) is 7.27. The Labute approximate surface area is 165 Å². The van der Waals surface area contributed by atoms with Gasteiger partial charge in [0.25, 0.3) is 11.6 Å². The molecule has 148 valence electrons. The third-order valence-corrected chi connectivity index (χ3v) is 4.54. The topological polar surface area (TPSA) is 124 Å². The minimum absolute atomic E-state index is 0.0229. The van der Waals surface area contributed by atoms with E-state index in [1.54, 1.807) is 6.07 Å². The number of nitro groups is 1. The minimum atomic E-state index is -1.19. The Bertz CT molecular complexity index is 1090. The third-order valence-electron chi connectivity index (χ3n) is 4.54. The number of carbonyl (C=O) groups excluding carboxylic acids is 4. The highest BCUT2D eigenvalue weighted by Gasteiger charge is 2.39. The first-order valence-corrected chi connectivity index (χ1v) is 8.57. The van der Waals surface area contributed by atoms with Crippen LogP contribution in [0.5, 0.6) is 0 Å². The Morgan fingerprint density at radius 2 is 1.59 bits per heavy atom. The van der Waals surface area contributed by atoms with Crippen molar-refractivity contribution in [1.82, 2.24) is 4.90 Å². The van der Waals surface area contributed by atoms with Crippen molar-refractivity contribution < 1.29 is 28.8 Å². The first kappa shape index (κ1) is 19.9. The molecule has 0 spiro atoms. The number of esters is 1. The lowest BCUT2D eigenvalue weighted by molar-refractivity contribution is -0.385. The summed E-state index contributed by atoms with van der Waals surface area (Å²) in [4.78, 5) is 62.1. The van der Waals surface area contributed by atoms with Crippen molar-refractivity contribution in [3.63, 3.8) is 0 Å². The molecule has 9 nitrogen and oxygen atoms in total. The van der Waals surface area contributed by atoms with E-state index in [9.17, 15) is 29.3 Å². The molecule has 1 aliphatic rings. The third kappa shape index (κ3) is 3.27. The fourth-order valence-electron chi connectivity index (χ4n) is 3.16. The average Bonchev–Trinajstić information content (AvgIpc) is 2.69. The number of nitro benzene ring substituents is 1. The Morgan fingerprint density at radius 3 is 2.14 bits per heavy atom. The molecule has 0 unspecified atom stereocenters. The van der Waals surface area contributed by atoms with E-state index in [1.165, 1.54) is 50.2 Å². The van der Waals surface area contributed by atoms with Crippen LogP contribution >= 0.6 is 0 Å². The zero-order valence-corrected chi connectivity index (χ0v) is 15.8. The normalized spacial score (nSPS) is 13.2. The number of likely N-dealkylation sites (N-methyl/N-ethyl adjacent to an activating group) is 1. The lowest BCUT2D eigenvalue weighted by Gasteiger charge is -2.19. The molecule has 2 aromatic rings. The number of fused-ring (bicyclic) bond motifs is 2. The van der Waals surface area contributed by atoms with E-state index < -0.39 is 51.3 Å². The van der Waals surface area contributed by atoms with Crippen molar-refractivity contribution in [2.45, 2.75) is 13.0 Å². The summed E-state index contributed by atoms with van der Waals surface area (Å²) in [6.45, 7) is 1.33. The zero-order chi connectivity index (χ0) is 21.5. The van der Waals surface area contributed by atoms with Crippen molar-refractivity contribution in [1.29, 1.82) is 0 Å². The summed E-state index contributed by atoms with van der Waals surface area (Å²) in [5, 5.41) is 11.7. The van der Waals surface area contributed by atoms with Crippen LogP contribution in [0.25, 0.3) is 0 Å². The summed E-state index contributed by atoms with van der Waals surface area (Å²) in [5.41, 5.74) is -1.78. The highest BCUT2D eigenvalue weighted by atomic mass is 16.6. The quantitative estimate of drug-likeness (QED) is 0.375. The van der Waals surface area contributed by atoms with Gasteiger partial charge in [0.2, 0.25) is 5.78 Å². The van der Waals surface area contributed by atoms with Crippen molar-refractivity contribution in [2.24, 2.45) is 0 Å². The van der Waals surface area contributed by atoms with E-state index in [1.807, 2.05) is 0 Å².